The largest absolute Gasteiger partial charge is 0.388 e. The summed E-state index contributed by atoms with van der Waals surface area (Å²) in [6.07, 6.45) is 1.19. The van der Waals surface area contributed by atoms with Crippen LogP contribution in [0.2, 0.25) is 0 Å². The molecule has 0 atom stereocenters. The molecule has 2 aliphatic heterocycles. The van der Waals surface area contributed by atoms with Crippen molar-refractivity contribution in [1.82, 2.24) is 14.5 Å². The first-order chi connectivity index (χ1) is 13.6. The number of hydrogen-bond acceptors (Lipinski definition) is 6. The van der Waals surface area contributed by atoms with Gasteiger partial charge >= 0.3 is 0 Å². The van der Waals surface area contributed by atoms with Crippen molar-refractivity contribution in [3.05, 3.63) is 29.6 Å². The highest BCUT2D eigenvalue weighted by Crippen LogP contribution is 2.36. The third-order valence-corrected chi connectivity index (χ3v) is 7.39. The Morgan fingerprint density at radius 3 is 2.69 bits per heavy atom. The summed E-state index contributed by atoms with van der Waals surface area (Å²) in [4.78, 5) is 19.8. The lowest BCUT2D eigenvalue weighted by atomic mass is 9.87. The summed E-state index contributed by atoms with van der Waals surface area (Å²) in [6, 6.07) is 3.76. The highest BCUT2D eigenvalue weighted by Gasteiger charge is 2.45. The molecule has 1 spiro atoms. The number of nitrogens with one attached hydrogen (secondary N) is 1. The summed E-state index contributed by atoms with van der Waals surface area (Å²) < 4.78 is 40.8. The van der Waals surface area contributed by atoms with Crippen molar-refractivity contribution in [1.29, 1.82) is 0 Å². The van der Waals surface area contributed by atoms with Gasteiger partial charge in [0.15, 0.2) is 0 Å². The summed E-state index contributed by atoms with van der Waals surface area (Å²) in [5, 5.41) is 6.77. The van der Waals surface area contributed by atoms with E-state index in [0.29, 0.717) is 37.1 Å². The number of piperidine rings is 1. The first-order valence-electron chi connectivity index (χ1n) is 9.57. The number of nitrogens with zero attached hydrogens (tertiary/aromatic N) is 3. The molecule has 1 saturated heterocycles. The highest BCUT2D eigenvalue weighted by atomic mass is 32.2. The van der Waals surface area contributed by atoms with E-state index in [1.165, 1.54) is 16.4 Å². The second kappa shape index (κ2) is 8.37. The van der Waals surface area contributed by atoms with Gasteiger partial charge in [0.05, 0.1) is 4.90 Å². The zero-order valence-electron chi connectivity index (χ0n) is 16.9. The normalized spacial score (nSPS) is 19.3. The number of sulfonamides is 1. The van der Waals surface area contributed by atoms with Crippen molar-refractivity contribution in [2.75, 3.05) is 40.3 Å². The van der Waals surface area contributed by atoms with Gasteiger partial charge in [0.1, 0.15) is 17.1 Å². The number of oxime groups is 1. The molecule has 0 saturated carbocycles. The van der Waals surface area contributed by atoms with E-state index in [1.54, 1.807) is 6.92 Å². The van der Waals surface area contributed by atoms with Gasteiger partial charge in [0.2, 0.25) is 10.0 Å². The molecule has 1 aromatic rings. The van der Waals surface area contributed by atoms with Gasteiger partial charge in [-0.25, -0.2) is 12.8 Å². The third-order valence-electron chi connectivity index (χ3n) is 5.35. The van der Waals surface area contributed by atoms with Gasteiger partial charge in [0.25, 0.3) is 5.91 Å². The Bertz CT molecular complexity index is 909. The molecule has 160 valence electrons. The summed E-state index contributed by atoms with van der Waals surface area (Å²) in [7, 11) is 0.0472. The number of rotatable bonds is 6. The summed E-state index contributed by atoms with van der Waals surface area (Å²) in [6.45, 7) is 3.33. The van der Waals surface area contributed by atoms with Crippen LogP contribution in [0.15, 0.2) is 28.3 Å². The molecule has 1 fully saturated rings. The molecule has 0 bridgehead atoms. The molecule has 1 N–H and O–H groups in total. The van der Waals surface area contributed by atoms with Gasteiger partial charge in [-0.05, 0) is 38.7 Å². The molecule has 0 unspecified atom stereocenters. The van der Waals surface area contributed by atoms with Crippen LogP contribution in [0.1, 0.15) is 24.8 Å². The zero-order valence-corrected chi connectivity index (χ0v) is 17.8. The predicted molar refractivity (Wildman–Crippen MR) is 107 cm³/mol. The van der Waals surface area contributed by atoms with E-state index in [0.717, 1.165) is 12.6 Å². The van der Waals surface area contributed by atoms with E-state index in [2.05, 4.69) is 10.5 Å². The number of halogens is 1. The lowest BCUT2D eigenvalue weighted by molar-refractivity contribution is -0.114. The fourth-order valence-electron chi connectivity index (χ4n) is 3.53. The number of carbonyl (C=O) groups excluding carboxylic acids is 1. The first-order valence-corrected chi connectivity index (χ1v) is 11.0. The van der Waals surface area contributed by atoms with Crippen LogP contribution in [0.25, 0.3) is 0 Å². The molecule has 10 heteroatoms. The van der Waals surface area contributed by atoms with Crippen molar-refractivity contribution in [3.8, 4) is 0 Å². The lowest BCUT2D eigenvalue weighted by Gasteiger charge is -2.36. The van der Waals surface area contributed by atoms with Gasteiger partial charge in [-0.2, -0.15) is 4.31 Å². The average Bonchev–Trinajstić information content (AvgIpc) is 3.07. The monoisotopic (exact) mass is 426 g/mol. The van der Waals surface area contributed by atoms with Gasteiger partial charge in [-0.3, -0.25) is 4.79 Å². The summed E-state index contributed by atoms with van der Waals surface area (Å²) in [5.74, 6) is -0.839. The van der Waals surface area contributed by atoms with Crippen LogP contribution in [0.3, 0.4) is 0 Å². The predicted octanol–water partition coefficient (Wildman–Crippen LogP) is 1.11. The SMILES string of the molecule is Cc1ccc(F)cc1S(=O)(=O)N1CCC2(CC1)CC(C(=O)NCCN(C)C)=NO2. The van der Waals surface area contributed by atoms with Crippen LogP contribution in [0, 0.1) is 12.7 Å². The number of hydrogen-bond donors (Lipinski definition) is 1. The standard InChI is InChI=1S/C19H27FN4O4S/c1-14-4-5-15(20)12-17(14)29(26,27)24-9-6-19(7-10-24)13-16(22-28-19)18(25)21-8-11-23(2)3/h4-5,12H,6-11,13H2,1-3H3,(H,21,25). The molecule has 0 aliphatic carbocycles. The molecule has 2 heterocycles. The smallest absolute Gasteiger partial charge is 0.269 e. The minimum absolute atomic E-state index is 0.0157. The molecule has 0 radical (unpaired) electrons. The molecule has 0 aromatic heterocycles. The molecule has 3 rings (SSSR count). The van der Waals surface area contributed by atoms with Gasteiger partial charge in [-0.1, -0.05) is 11.2 Å². The number of likely N-dealkylation sites (N-methyl/N-ethyl adjacent to an activating group) is 1. The number of benzene rings is 1. The van der Waals surface area contributed by atoms with Gasteiger partial charge < -0.3 is 15.1 Å². The van der Waals surface area contributed by atoms with Crippen LogP contribution in [-0.4, -0.2) is 75.1 Å². The minimum atomic E-state index is -3.80. The molecular weight excluding hydrogens is 399 g/mol. The van der Waals surface area contributed by atoms with E-state index >= 15 is 0 Å². The van der Waals surface area contributed by atoms with Crippen LogP contribution < -0.4 is 5.32 Å². The molecular formula is C19H27FN4O4S. The van der Waals surface area contributed by atoms with E-state index in [4.69, 9.17) is 4.84 Å². The van der Waals surface area contributed by atoms with Crippen molar-refractivity contribution in [3.63, 3.8) is 0 Å². The summed E-state index contributed by atoms with van der Waals surface area (Å²) >= 11 is 0. The van der Waals surface area contributed by atoms with Crippen LogP contribution in [0.4, 0.5) is 4.39 Å². The van der Waals surface area contributed by atoms with Crippen LogP contribution in [0.5, 0.6) is 0 Å². The molecule has 1 amide bonds. The van der Waals surface area contributed by atoms with Crippen LogP contribution in [-0.2, 0) is 19.7 Å². The molecule has 8 nitrogen and oxygen atoms in total. The van der Waals surface area contributed by atoms with E-state index in [9.17, 15) is 17.6 Å². The number of carbonyl (C=O) groups is 1. The van der Waals surface area contributed by atoms with E-state index in [-0.39, 0.29) is 23.9 Å². The van der Waals surface area contributed by atoms with Gasteiger partial charge in [0, 0.05) is 45.4 Å². The molecule has 2 aliphatic rings. The fourth-order valence-corrected chi connectivity index (χ4v) is 5.21. The maximum atomic E-state index is 13.6. The Morgan fingerprint density at radius 1 is 1.34 bits per heavy atom. The van der Waals surface area contributed by atoms with Crippen LogP contribution >= 0.6 is 0 Å². The van der Waals surface area contributed by atoms with Crippen molar-refractivity contribution in [2.45, 2.75) is 36.7 Å². The third kappa shape index (κ3) is 4.76. The number of aryl methyl sites for hydroxylation is 1. The molecule has 29 heavy (non-hydrogen) atoms. The Morgan fingerprint density at radius 2 is 2.03 bits per heavy atom. The number of amides is 1. The van der Waals surface area contributed by atoms with Crippen molar-refractivity contribution < 1.29 is 22.4 Å². The minimum Gasteiger partial charge on any atom is -0.388 e. The fraction of sp³-hybridized carbons (Fsp3) is 0.579. The Labute approximate surface area is 170 Å². The van der Waals surface area contributed by atoms with E-state index in [1.807, 2.05) is 19.0 Å². The summed E-state index contributed by atoms with van der Waals surface area (Å²) in [5.41, 5.74) is 0.182. The second-order valence-corrected chi connectivity index (χ2v) is 9.77. The average molecular weight is 427 g/mol. The topological polar surface area (TPSA) is 91.3 Å². The maximum Gasteiger partial charge on any atom is 0.269 e. The second-order valence-electron chi connectivity index (χ2n) is 7.86. The van der Waals surface area contributed by atoms with E-state index < -0.39 is 21.4 Å². The molecule has 1 aromatic carbocycles. The van der Waals surface area contributed by atoms with Crippen molar-refractivity contribution in [2.24, 2.45) is 5.16 Å². The highest BCUT2D eigenvalue weighted by molar-refractivity contribution is 7.89. The Kier molecular flexibility index (Phi) is 6.25. The Balaban J connectivity index is 1.60. The van der Waals surface area contributed by atoms with Crippen molar-refractivity contribution >= 4 is 21.6 Å². The Hall–Kier alpha value is -2.04. The first kappa shape index (κ1) is 21.7. The zero-order chi connectivity index (χ0) is 21.2. The lowest BCUT2D eigenvalue weighted by Crippen LogP contribution is -2.47. The quantitative estimate of drug-likeness (QED) is 0.736. The van der Waals surface area contributed by atoms with Gasteiger partial charge in [-0.15, -0.1) is 0 Å². The maximum absolute atomic E-state index is 13.6.